The predicted octanol–water partition coefficient (Wildman–Crippen LogP) is 2.75. The molecule has 1 unspecified atom stereocenters. The van der Waals surface area contributed by atoms with Gasteiger partial charge in [-0.1, -0.05) is 19.4 Å². The summed E-state index contributed by atoms with van der Waals surface area (Å²) in [5.41, 5.74) is -0.0345. The fourth-order valence-electron chi connectivity index (χ4n) is 1.83. The summed E-state index contributed by atoms with van der Waals surface area (Å²) in [6, 6.07) is 4.16. The molecule has 1 atom stereocenters. The van der Waals surface area contributed by atoms with Gasteiger partial charge >= 0.3 is 5.97 Å². The van der Waals surface area contributed by atoms with Crippen LogP contribution in [0.2, 0.25) is 0 Å². The van der Waals surface area contributed by atoms with E-state index in [0.29, 0.717) is 6.61 Å². The molecule has 0 aliphatic carbocycles. The quantitative estimate of drug-likeness (QED) is 0.786. The Morgan fingerprint density at radius 2 is 2.28 bits per heavy atom. The monoisotopic (exact) mass is 255 g/mol. The maximum atomic E-state index is 13.5. The second-order valence-corrected chi connectivity index (χ2v) is 4.05. The summed E-state index contributed by atoms with van der Waals surface area (Å²) in [6.45, 7) is 2.47. The van der Waals surface area contributed by atoms with Crippen LogP contribution in [0.5, 0.6) is 0 Å². The van der Waals surface area contributed by atoms with E-state index in [4.69, 9.17) is 9.84 Å². The van der Waals surface area contributed by atoms with Crippen LogP contribution in [0, 0.1) is 5.82 Å². The molecule has 0 heterocycles. The third-order valence-electron chi connectivity index (χ3n) is 2.59. The second-order valence-electron chi connectivity index (χ2n) is 4.05. The number of methoxy groups -OCH3 is 1. The standard InChI is InChI=1S/C13H18FNO3/c1-3-5-9(8-18-2)15-11-7-4-6-10(14)12(11)13(16)17/h4,6-7,9,15H,3,5,8H2,1-2H3,(H,16,17). The van der Waals surface area contributed by atoms with E-state index in [1.807, 2.05) is 6.92 Å². The Morgan fingerprint density at radius 1 is 1.56 bits per heavy atom. The molecule has 18 heavy (non-hydrogen) atoms. The van der Waals surface area contributed by atoms with Crippen molar-refractivity contribution in [2.24, 2.45) is 0 Å². The van der Waals surface area contributed by atoms with E-state index in [2.05, 4.69) is 5.32 Å². The summed E-state index contributed by atoms with van der Waals surface area (Å²) in [5.74, 6) is -2.01. The Kier molecular flexibility index (Phi) is 5.58. The lowest BCUT2D eigenvalue weighted by Gasteiger charge is -2.19. The van der Waals surface area contributed by atoms with Gasteiger partial charge in [-0.05, 0) is 18.6 Å². The van der Waals surface area contributed by atoms with E-state index in [-0.39, 0.29) is 17.3 Å². The number of anilines is 1. The van der Waals surface area contributed by atoms with Gasteiger partial charge in [-0.15, -0.1) is 0 Å². The second kappa shape index (κ2) is 6.96. The maximum Gasteiger partial charge on any atom is 0.340 e. The molecule has 5 heteroatoms. The van der Waals surface area contributed by atoms with Gasteiger partial charge in [0.15, 0.2) is 0 Å². The van der Waals surface area contributed by atoms with Gasteiger partial charge in [0.25, 0.3) is 0 Å². The van der Waals surface area contributed by atoms with Gasteiger partial charge in [0.05, 0.1) is 12.3 Å². The van der Waals surface area contributed by atoms with Gasteiger partial charge in [-0.3, -0.25) is 0 Å². The first-order valence-electron chi connectivity index (χ1n) is 5.87. The van der Waals surface area contributed by atoms with Crippen molar-refractivity contribution in [2.75, 3.05) is 19.0 Å². The highest BCUT2D eigenvalue weighted by molar-refractivity contribution is 5.94. The van der Waals surface area contributed by atoms with Crippen molar-refractivity contribution in [3.8, 4) is 0 Å². The van der Waals surface area contributed by atoms with E-state index >= 15 is 0 Å². The van der Waals surface area contributed by atoms with Crippen molar-refractivity contribution in [1.29, 1.82) is 0 Å². The van der Waals surface area contributed by atoms with Gasteiger partial charge in [0.1, 0.15) is 11.4 Å². The highest BCUT2D eigenvalue weighted by Crippen LogP contribution is 2.20. The molecule has 0 spiro atoms. The first-order chi connectivity index (χ1) is 8.60. The van der Waals surface area contributed by atoms with E-state index in [0.717, 1.165) is 18.9 Å². The maximum absolute atomic E-state index is 13.5. The van der Waals surface area contributed by atoms with Crippen molar-refractivity contribution in [3.63, 3.8) is 0 Å². The van der Waals surface area contributed by atoms with Crippen LogP contribution in [0.3, 0.4) is 0 Å². The lowest BCUT2D eigenvalue weighted by molar-refractivity contribution is 0.0693. The molecule has 0 fully saturated rings. The minimum atomic E-state index is -1.27. The zero-order chi connectivity index (χ0) is 13.5. The van der Waals surface area contributed by atoms with Crippen molar-refractivity contribution < 1.29 is 19.0 Å². The number of hydrogen-bond acceptors (Lipinski definition) is 3. The minimum absolute atomic E-state index is 0.0279. The minimum Gasteiger partial charge on any atom is -0.478 e. The third kappa shape index (κ3) is 3.70. The number of carboxylic acids is 1. The highest BCUT2D eigenvalue weighted by Gasteiger charge is 2.17. The molecule has 4 nitrogen and oxygen atoms in total. The molecular formula is C13H18FNO3. The summed E-state index contributed by atoms with van der Waals surface area (Å²) in [6.07, 6.45) is 1.75. The molecule has 1 aromatic rings. The number of hydrogen-bond donors (Lipinski definition) is 2. The molecule has 0 saturated heterocycles. The Bertz CT molecular complexity index is 403. The fourth-order valence-corrected chi connectivity index (χ4v) is 1.83. The number of halogens is 1. The molecule has 100 valence electrons. The third-order valence-corrected chi connectivity index (χ3v) is 2.59. The number of carbonyl (C=O) groups is 1. The van der Waals surface area contributed by atoms with Crippen LogP contribution < -0.4 is 5.32 Å². The zero-order valence-electron chi connectivity index (χ0n) is 10.6. The van der Waals surface area contributed by atoms with E-state index in [1.54, 1.807) is 13.2 Å². The number of rotatable bonds is 7. The Morgan fingerprint density at radius 3 is 2.83 bits per heavy atom. The summed E-state index contributed by atoms with van der Waals surface area (Å²) >= 11 is 0. The molecule has 0 aliphatic rings. The topological polar surface area (TPSA) is 58.6 Å². The van der Waals surface area contributed by atoms with Crippen molar-refractivity contribution >= 4 is 11.7 Å². The van der Waals surface area contributed by atoms with Crippen LogP contribution in [0.1, 0.15) is 30.1 Å². The highest BCUT2D eigenvalue weighted by atomic mass is 19.1. The summed E-state index contributed by atoms with van der Waals surface area (Å²) in [7, 11) is 1.58. The molecular weight excluding hydrogens is 237 g/mol. The molecule has 0 radical (unpaired) electrons. The number of aromatic carboxylic acids is 1. The fraction of sp³-hybridized carbons (Fsp3) is 0.462. The van der Waals surface area contributed by atoms with Crippen LogP contribution in [-0.2, 0) is 4.74 Å². The Balaban J connectivity index is 2.94. The van der Waals surface area contributed by atoms with Crippen LogP contribution in [0.4, 0.5) is 10.1 Å². The van der Waals surface area contributed by atoms with Gasteiger partial charge in [0, 0.05) is 13.2 Å². The van der Waals surface area contributed by atoms with E-state index < -0.39 is 11.8 Å². The van der Waals surface area contributed by atoms with Gasteiger partial charge in [-0.25, -0.2) is 9.18 Å². The van der Waals surface area contributed by atoms with Crippen molar-refractivity contribution in [2.45, 2.75) is 25.8 Å². The molecule has 0 amide bonds. The predicted molar refractivity (Wildman–Crippen MR) is 67.6 cm³/mol. The SMILES string of the molecule is CCCC(COC)Nc1cccc(F)c1C(=O)O. The van der Waals surface area contributed by atoms with Crippen LogP contribution in [0.15, 0.2) is 18.2 Å². The number of benzene rings is 1. The summed E-state index contributed by atoms with van der Waals surface area (Å²) in [4.78, 5) is 11.0. The zero-order valence-corrected chi connectivity index (χ0v) is 10.6. The summed E-state index contributed by atoms with van der Waals surface area (Å²) < 4.78 is 18.5. The molecule has 2 N–H and O–H groups in total. The molecule has 1 aromatic carbocycles. The average molecular weight is 255 g/mol. The largest absolute Gasteiger partial charge is 0.478 e. The first kappa shape index (κ1) is 14.4. The summed E-state index contributed by atoms with van der Waals surface area (Å²) in [5, 5.41) is 12.0. The number of carboxylic acid groups (broad SMARTS) is 1. The van der Waals surface area contributed by atoms with Gasteiger partial charge < -0.3 is 15.2 Å². The molecule has 0 saturated carbocycles. The van der Waals surface area contributed by atoms with Gasteiger partial charge in [-0.2, -0.15) is 0 Å². The smallest absolute Gasteiger partial charge is 0.340 e. The van der Waals surface area contributed by atoms with Crippen molar-refractivity contribution in [1.82, 2.24) is 0 Å². The van der Waals surface area contributed by atoms with Crippen LogP contribution in [0.25, 0.3) is 0 Å². The average Bonchev–Trinajstić information content (AvgIpc) is 2.29. The van der Waals surface area contributed by atoms with E-state index in [9.17, 15) is 9.18 Å². The van der Waals surface area contributed by atoms with Crippen molar-refractivity contribution in [3.05, 3.63) is 29.6 Å². The van der Waals surface area contributed by atoms with E-state index in [1.165, 1.54) is 6.07 Å². The Hall–Kier alpha value is -1.62. The van der Waals surface area contributed by atoms with Gasteiger partial charge in [0.2, 0.25) is 0 Å². The normalized spacial score (nSPS) is 12.2. The van der Waals surface area contributed by atoms with Crippen LogP contribution in [-0.4, -0.2) is 30.8 Å². The molecule has 0 bridgehead atoms. The lowest BCUT2D eigenvalue weighted by Crippen LogP contribution is -2.26. The van der Waals surface area contributed by atoms with Crippen LogP contribution >= 0.6 is 0 Å². The Labute approximate surface area is 106 Å². The molecule has 0 aromatic heterocycles. The lowest BCUT2D eigenvalue weighted by atomic mass is 10.1. The molecule has 0 aliphatic heterocycles. The number of nitrogens with one attached hydrogen (secondary N) is 1. The number of ether oxygens (including phenoxy) is 1. The molecule has 1 rings (SSSR count). The first-order valence-corrected chi connectivity index (χ1v) is 5.87.